The Bertz CT molecular complexity index is 620. The molecule has 0 heterocycles. The lowest BCUT2D eigenvalue weighted by molar-refractivity contribution is 0.102. The maximum Gasteiger partial charge on any atom is 0.146 e. The van der Waals surface area contributed by atoms with E-state index >= 15 is 0 Å². The molecule has 0 amide bonds. The summed E-state index contributed by atoms with van der Waals surface area (Å²) in [6, 6.07) is 12.5. The normalized spacial score (nSPS) is 10.2. The van der Waals surface area contributed by atoms with E-state index in [1.54, 1.807) is 30.3 Å². The summed E-state index contributed by atoms with van der Waals surface area (Å²) in [6.45, 7) is 0.0541. The van der Waals surface area contributed by atoms with Crippen LogP contribution in [0.25, 0.3) is 0 Å². The van der Waals surface area contributed by atoms with Gasteiger partial charge in [0.2, 0.25) is 0 Å². The summed E-state index contributed by atoms with van der Waals surface area (Å²) in [6.07, 6.45) is 0. The first kappa shape index (κ1) is 13.2. The van der Waals surface area contributed by atoms with Gasteiger partial charge in [-0.05, 0) is 12.1 Å². The molecule has 0 aliphatic heterocycles. The zero-order chi connectivity index (χ0) is 13.7. The van der Waals surface area contributed by atoms with Gasteiger partial charge in [-0.15, -0.1) is 0 Å². The topological polar surface area (TPSA) is 33.0 Å². The SMILES string of the molecule is N#Cc1cccc(COCc2ccccc2F)c1F. The van der Waals surface area contributed by atoms with Crippen molar-refractivity contribution in [2.75, 3.05) is 0 Å². The van der Waals surface area contributed by atoms with Gasteiger partial charge in [-0.1, -0.05) is 30.3 Å². The van der Waals surface area contributed by atoms with Crippen LogP contribution in [-0.4, -0.2) is 0 Å². The highest BCUT2D eigenvalue weighted by molar-refractivity contribution is 5.34. The fraction of sp³-hybridized carbons (Fsp3) is 0.133. The Kier molecular flexibility index (Phi) is 4.22. The number of nitrogens with zero attached hydrogens (tertiary/aromatic N) is 1. The van der Waals surface area contributed by atoms with E-state index in [-0.39, 0.29) is 30.2 Å². The van der Waals surface area contributed by atoms with Crippen molar-refractivity contribution in [2.45, 2.75) is 13.2 Å². The number of halogens is 2. The lowest BCUT2D eigenvalue weighted by Crippen LogP contribution is -2.00. The number of benzene rings is 2. The minimum absolute atomic E-state index is 0.00428. The third-order valence-corrected chi connectivity index (χ3v) is 2.67. The van der Waals surface area contributed by atoms with Gasteiger partial charge in [0, 0.05) is 11.1 Å². The van der Waals surface area contributed by atoms with Crippen LogP contribution in [0.4, 0.5) is 8.78 Å². The monoisotopic (exact) mass is 259 g/mol. The zero-order valence-corrected chi connectivity index (χ0v) is 10.1. The highest BCUT2D eigenvalue weighted by Crippen LogP contribution is 2.14. The second-order valence-electron chi connectivity index (χ2n) is 3.97. The fourth-order valence-corrected chi connectivity index (χ4v) is 1.66. The highest BCUT2D eigenvalue weighted by Gasteiger charge is 2.08. The van der Waals surface area contributed by atoms with Crippen LogP contribution in [0.2, 0.25) is 0 Å². The van der Waals surface area contributed by atoms with E-state index in [2.05, 4.69) is 0 Å². The lowest BCUT2D eigenvalue weighted by atomic mass is 10.1. The molecule has 0 saturated heterocycles. The molecular formula is C15H11F2NO. The first-order valence-corrected chi connectivity index (χ1v) is 5.71. The lowest BCUT2D eigenvalue weighted by Gasteiger charge is -2.07. The summed E-state index contributed by atoms with van der Waals surface area (Å²) < 4.78 is 32.3. The minimum atomic E-state index is -0.585. The average Bonchev–Trinajstić information content (AvgIpc) is 2.43. The maximum absolute atomic E-state index is 13.7. The molecular weight excluding hydrogens is 248 g/mol. The third kappa shape index (κ3) is 3.15. The summed E-state index contributed by atoms with van der Waals surface area (Å²) in [5.74, 6) is -0.938. The van der Waals surface area contributed by atoms with Crippen molar-refractivity contribution >= 4 is 0 Å². The van der Waals surface area contributed by atoms with Gasteiger partial charge >= 0.3 is 0 Å². The molecule has 2 rings (SSSR count). The van der Waals surface area contributed by atoms with Crippen molar-refractivity contribution in [3.8, 4) is 6.07 Å². The Balaban J connectivity index is 2.01. The first-order valence-electron chi connectivity index (χ1n) is 5.71. The number of hydrogen-bond acceptors (Lipinski definition) is 2. The van der Waals surface area contributed by atoms with E-state index in [4.69, 9.17) is 10.00 Å². The van der Waals surface area contributed by atoms with Gasteiger partial charge in [-0.25, -0.2) is 8.78 Å². The van der Waals surface area contributed by atoms with Crippen molar-refractivity contribution in [1.29, 1.82) is 5.26 Å². The van der Waals surface area contributed by atoms with Crippen LogP contribution in [0.1, 0.15) is 16.7 Å². The molecule has 0 saturated carbocycles. The molecule has 0 spiro atoms. The minimum Gasteiger partial charge on any atom is -0.372 e. The van der Waals surface area contributed by atoms with Crippen molar-refractivity contribution in [3.05, 3.63) is 70.8 Å². The van der Waals surface area contributed by atoms with E-state index in [1.807, 2.05) is 0 Å². The summed E-state index contributed by atoms with van der Waals surface area (Å²) in [7, 11) is 0. The van der Waals surface area contributed by atoms with E-state index in [0.29, 0.717) is 5.56 Å². The van der Waals surface area contributed by atoms with E-state index in [0.717, 1.165) is 0 Å². The number of ether oxygens (including phenoxy) is 1. The molecule has 4 heteroatoms. The molecule has 2 aromatic rings. The molecule has 0 aliphatic carbocycles. The Hall–Kier alpha value is -2.25. The van der Waals surface area contributed by atoms with E-state index in [1.165, 1.54) is 18.2 Å². The fourth-order valence-electron chi connectivity index (χ4n) is 1.66. The second kappa shape index (κ2) is 6.07. The molecule has 2 aromatic carbocycles. The Labute approximate surface area is 109 Å². The Morgan fingerprint density at radius 3 is 2.37 bits per heavy atom. The van der Waals surface area contributed by atoms with Crippen LogP contribution in [0, 0.1) is 23.0 Å². The average molecular weight is 259 g/mol. The van der Waals surface area contributed by atoms with Crippen molar-refractivity contribution in [2.24, 2.45) is 0 Å². The van der Waals surface area contributed by atoms with Crippen LogP contribution in [0.3, 0.4) is 0 Å². The molecule has 0 fully saturated rings. The standard InChI is InChI=1S/C15H11F2NO/c16-14-7-2-1-4-12(14)9-19-10-13-6-3-5-11(8-18)15(13)17/h1-7H,9-10H2. The first-order chi connectivity index (χ1) is 9.22. The van der Waals surface area contributed by atoms with Crippen molar-refractivity contribution in [3.63, 3.8) is 0 Å². The van der Waals surface area contributed by atoms with Gasteiger partial charge in [-0.2, -0.15) is 5.26 Å². The molecule has 0 N–H and O–H groups in total. The van der Waals surface area contributed by atoms with Gasteiger partial charge in [0.25, 0.3) is 0 Å². The predicted molar refractivity (Wildman–Crippen MR) is 66.0 cm³/mol. The number of rotatable bonds is 4. The molecule has 96 valence electrons. The molecule has 2 nitrogen and oxygen atoms in total. The van der Waals surface area contributed by atoms with Crippen LogP contribution in [-0.2, 0) is 18.0 Å². The smallest absolute Gasteiger partial charge is 0.146 e. The summed E-state index contributed by atoms with van der Waals surface area (Å²) in [5, 5.41) is 8.70. The van der Waals surface area contributed by atoms with Crippen LogP contribution in [0.15, 0.2) is 42.5 Å². The molecule has 0 unspecified atom stereocenters. The Morgan fingerprint density at radius 1 is 0.947 bits per heavy atom. The molecule has 0 bridgehead atoms. The zero-order valence-electron chi connectivity index (χ0n) is 10.1. The second-order valence-corrected chi connectivity index (χ2v) is 3.97. The molecule has 0 atom stereocenters. The van der Waals surface area contributed by atoms with Crippen LogP contribution in [0.5, 0.6) is 0 Å². The van der Waals surface area contributed by atoms with Crippen LogP contribution >= 0.6 is 0 Å². The Morgan fingerprint density at radius 2 is 1.63 bits per heavy atom. The van der Waals surface area contributed by atoms with Gasteiger partial charge in [0.1, 0.15) is 17.7 Å². The van der Waals surface area contributed by atoms with Gasteiger partial charge in [-0.3, -0.25) is 0 Å². The number of nitriles is 1. The number of hydrogen-bond donors (Lipinski definition) is 0. The summed E-state index contributed by atoms with van der Waals surface area (Å²) >= 11 is 0. The quantitative estimate of drug-likeness (QED) is 0.841. The summed E-state index contributed by atoms with van der Waals surface area (Å²) in [5.41, 5.74) is 0.682. The molecule has 19 heavy (non-hydrogen) atoms. The highest BCUT2D eigenvalue weighted by atomic mass is 19.1. The van der Waals surface area contributed by atoms with Crippen LogP contribution < -0.4 is 0 Å². The van der Waals surface area contributed by atoms with Gasteiger partial charge < -0.3 is 4.74 Å². The molecule has 0 aromatic heterocycles. The van der Waals surface area contributed by atoms with Gasteiger partial charge in [0.15, 0.2) is 0 Å². The van der Waals surface area contributed by atoms with E-state index < -0.39 is 5.82 Å². The molecule has 0 radical (unpaired) electrons. The predicted octanol–water partition coefficient (Wildman–Crippen LogP) is 3.55. The van der Waals surface area contributed by atoms with E-state index in [9.17, 15) is 8.78 Å². The van der Waals surface area contributed by atoms with Crippen molar-refractivity contribution in [1.82, 2.24) is 0 Å². The third-order valence-electron chi connectivity index (χ3n) is 2.67. The largest absolute Gasteiger partial charge is 0.372 e. The van der Waals surface area contributed by atoms with Crippen molar-refractivity contribution < 1.29 is 13.5 Å². The molecule has 0 aliphatic rings. The van der Waals surface area contributed by atoms with Gasteiger partial charge in [0.05, 0.1) is 18.8 Å². The maximum atomic E-state index is 13.7. The summed E-state index contributed by atoms with van der Waals surface area (Å²) in [4.78, 5) is 0.